The minimum atomic E-state index is -0.912. The maximum absolute atomic E-state index is 11.6. The molecule has 3 rings (SSSR count). The van der Waals surface area contributed by atoms with Crippen LogP contribution in [0.25, 0.3) is 11.3 Å². The number of aliphatic carboxylic acids is 1. The number of carbonyl (C=O) groups is 1. The fraction of sp³-hybridized carbons (Fsp3) is 0.118. The van der Waals surface area contributed by atoms with E-state index in [0.717, 1.165) is 11.1 Å². The van der Waals surface area contributed by atoms with E-state index in [-0.39, 0.29) is 0 Å². The summed E-state index contributed by atoms with van der Waals surface area (Å²) in [6.45, 7) is 0. The maximum atomic E-state index is 11.6. The van der Waals surface area contributed by atoms with Gasteiger partial charge in [0.2, 0.25) is 0 Å². The average molecular weight is 308 g/mol. The molecule has 4 N–H and O–H groups in total. The van der Waals surface area contributed by atoms with Gasteiger partial charge in [0.05, 0.1) is 11.9 Å². The Kier molecular flexibility index (Phi) is 4.05. The molecule has 1 atom stereocenters. The summed E-state index contributed by atoms with van der Waals surface area (Å²) in [5.74, 6) is -0.785. The van der Waals surface area contributed by atoms with E-state index in [1.165, 1.54) is 0 Å². The molecule has 0 aliphatic heterocycles. The molecule has 116 valence electrons. The van der Waals surface area contributed by atoms with Crippen LogP contribution in [0, 0.1) is 0 Å². The Morgan fingerprint density at radius 1 is 1.13 bits per heavy atom. The lowest BCUT2D eigenvalue weighted by atomic mass is 9.99. The molecule has 0 radical (unpaired) electrons. The first-order valence-corrected chi connectivity index (χ1v) is 7.17. The van der Waals surface area contributed by atoms with E-state index in [4.69, 9.17) is 5.73 Å². The van der Waals surface area contributed by atoms with Crippen molar-refractivity contribution in [2.75, 3.05) is 5.73 Å². The van der Waals surface area contributed by atoms with Gasteiger partial charge in [-0.05, 0) is 24.1 Å². The van der Waals surface area contributed by atoms with E-state index in [1.54, 1.807) is 18.5 Å². The number of rotatable bonds is 5. The third-order valence-corrected chi connectivity index (χ3v) is 3.60. The molecule has 0 fully saturated rings. The molecule has 0 saturated carbocycles. The Hall–Kier alpha value is -3.15. The van der Waals surface area contributed by atoms with Crippen LogP contribution in [0.15, 0.2) is 54.9 Å². The number of anilines is 1. The number of benzene rings is 1. The van der Waals surface area contributed by atoms with Crippen LogP contribution in [-0.2, 0) is 11.2 Å². The Morgan fingerprint density at radius 3 is 2.57 bits per heavy atom. The van der Waals surface area contributed by atoms with Crippen molar-refractivity contribution in [2.45, 2.75) is 12.3 Å². The van der Waals surface area contributed by atoms with Crippen LogP contribution in [0.1, 0.15) is 17.3 Å². The van der Waals surface area contributed by atoms with Gasteiger partial charge in [0, 0.05) is 11.8 Å². The van der Waals surface area contributed by atoms with Crippen LogP contribution >= 0.6 is 0 Å². The van der Waals surface area contributed by atoms with Gasteiger partial charge in [-0.15, -0.1) is 0 Å². The van der Waals surface area contributed by atoms with Crippen LogP contribution < -0.4 is 5.73 Å². The summed E-state index contributed by atoms with van der Waals surface area (Å²) < 4.78 is 0. The number of aromatic nitrogens is 3. The summed E-state index contributed by atoms with van der Waals surface area (Å²) in [4.78, 5) is 22.9. The molecule has 2 heterocycles. The van der Waals surface area contributed by atoms with E-state index < -0.39 is 11.9 Å². The van der Waals surface area contributed by atoms with Gasteiger partial charge >= 0.3 is 5.97 Å². The zero-order valence-corrected chi connectivity index (χ0v) is 12.3. The highest BCUT2D eigenvalue weighted by Gasteiger charge is 2.23. The van der Waals surface area contributed by atoms with E-state index >= 15 is 0 Å². The maximum Gasteiger partial charge on any atom is 0.314 e. The number of hydrogen-bond donors (Lipinski definition) is 3. The molecule has 0 aliphatic rings. The number of pyridine rings is 1. The first-order chi connectivity index (χ1) is 11.1. The number of nitrogens with one attached hydrogen (secondary N) is 1. The number of nitrogens with zero attached hydrogens (tertiary/aromatic N) is 2. The normalized spacial score (nSPS) is 12.0. The second-order valence-corrected chi connectivity index (χ2v) is 5.23. The van der Waals surface area contributed by atoms with Gasteiger partial charge in [-0.3, -0.25) is 4.79 Å². The number of aromatic amines is 1. The van der Waals surface area contributed by atoms with Crippen molar-refractivity contribution in [3.63, 3.8) is 0 Å². The summed E-state index contributed by atoms with van der Waals surface area (Å²) in [6.07, 6.45) is 3.62. The molecular weight excluding hydrogens is 292 g/mol. The monoisotopic (exact) mass is 308 g/mol. The second kappa shape index (κ2) is 6.31. The molecule has 0 amide bonds. The highest BCUT2D eigenvalue weighted by Crippen LogP contribution is 2.23. The van der Waals surface area contributed by atoms with Gasteiger partial charge in [0.1, 0.15) is 17.6 Å². The van der Waals surface area contributed by atoms with Crippen molar-refractivity contribution >= 4 is 11.8 Å². The average Bonchev–Trinajstić information content (AvgIpc) is 3.03. The first-order valence-electron chi connectivity index (χ1n) is 7.17. The number of H-pyrrole nitrogens is 1. The Morgan fingerprint density at radius 2 is 1.91 bits per heavy atom. The van der Waals surface area contributed by atoms with Crippen LogP contribution in [0.3, 0.4) is 0 Å². The largest absolute Gasteiger partial charge is 0.481 e. The van der Waals surface area contributed by atoms with Crippen molar-refractivity contribution in [1.82, 2.24) is 15.0 Å². The van der Waals surface area contributed by atoms with Crippen molar-refractivity contribution in [2.24, 2.45) is 0 Å². The van der Waals surface area contributed by atoms with E-state index in [1.807, 2.05) is 36.4 Å². The van der Waals surface area contributed by atoms with Gasteiger partial charge in [-0.25, -0.2) is 9.97 Å². The summed E-state index contributed by atoms with van der Waals surface area (Å²) in [6, 6.07) is 13.0. The number of carboxylic acid groups (broad SMARTS) is 1. The standard InChI is InChI=1S/C17H16N4O2/c18-15-7-6-12(9-19-15)14-10-20-16(21-14)13(17(22)23)8-11-4-2-1-3-5-11/h1-7,9-10,13H,8H2,(H2,18,19)(H,20,21)(H,22,23)/t13-/m0/s1. The van der Waals surface area contributed by atoms with Crippen molar-refractivity contribution in [3.8, 4) is 11.3 Å². The first kappa shape index (κ1) is 14.8. The van der Waals surface area contributed by atoms with Gasteiger partial charge in [0.15, 0.2) is 0 Å². The zero-order valence-electron chi connectivity index (χ0n) is 12.3. The van der Waals surface area contributed by atoms with Crippen molar-refractivity contribution in [3.05, 3.63) is 66.2 Å². The molecule has 6 nitrogen and oxygen atoms in total. The number of carboxylic acids is 1. The van der Waals surface area contributed by atoms with Gasteiger partial charge in [0.25, 0.3) is 0 Å². The number of hydrogen-bond acceptors (Lipinski definition) is 4. The zero-order chi connectivity index (χ0) is 16.2. The molecule has 0 aliphatic carbocycles. The summed E-state index contributed by atoms with van der Waals surface area (Å²) in [5, 5.41) is 9.52. The number of nitrogen functional groups attached to an aromatic ring is 1. The highest BCUT2D eigenvalue weighted by atomic mass is 16.4. The third-order valence-electron chi connectivity index (χ3n) is 3.60. The smallest absolute Gasteiger partial charge is 0.314 e. The summed E-state index contributed by atoms with van der Waals surface area (Å²) >= 11 is 0. The Bertz CT molecular complexity index is 797. The van der Waals surface area contributed by atoms with E-state index in [0.29, 0.717) is 23.8 Å². The fourth-order valence-electron chi connectivity index (χ4n) is 2.38. The quantitative estimate of drug-likeness (QED) is 0.671. The van der Waals surface area contributed by atoms with Crippen LogP contribution in [-0.4, -0.2) is 26.0 Å². The lowest BCUT2D eigenvalue weighted by molar-refractivity contribution is -0.138. The van der Waals surface area contributed by atoms with Crippen LogP contribution in [0.2, 0.25) is 0 Å². The second-order valence-electron chi connectivity index (χ2n) is 5.23. The van der Waals surface area contributed by atoms with E-state index in [9.17, 15) is 9.90 Å². The van der Waals surface area contributed by atoms with Gasteiger partial charge in [-0.2, -0.15) is 0 Å². The molecule has 0 bridgehead atoms. The lowest BCUT2D eigenvalue weighted by Gasteiger charge is -2.09. The Labute approximate surface area is 133 Å². The molecule has 6 heteroatoms. The lowest BCUT2D eigenvalue weighted by Crippen LogP contribution is -2.16. The van der Waals surface area contributed by atoms with Gasteiger partial charge < -0.3 is 15.8 Å². The van der Waals surface area contributed by atoms with Crippen molar-refractivity contribution < 1.29 is 9.90 Å². The molecule has 2 aromatic heterocycles. The SMILES string of the molecule is Nc1ccc(-c2cnc([C@H](Cc3ccccc3)C(=O)O)[nH]2)cn1. The fourth-order valence-corrected chi connectivity index (χ4v) is 2.38. The molecule has 0 unspecified atom stereocenters. The summed E-state index contributed by atoms with van der Waals surface area (Å²) in [5.41, 5.74) is 8.04. The van der Waals surface area contributed by atoms with Crippen LogP contribution in [0.4, 0.5) is 5.82 Å². The summed E-state index contributed by atoms with van der Waals surface area (Å²) in [7, 11) is 0. The minimum Gasteiger partial charge on any atom is -0.481 e. The topological polar surface area (TPSA) is 105 Å². The molecule has 3 aromatic rings. The highest BCUT2D eigenvalue weighted by molar-refractivity contribution is 5.75. The van der Waals surface area contributed by atoms with E-state index in [2.05, 4.69) is 15.0 Å². The molecule has 1 aromatic carbocycles. The molecule has 0 saturated heterocycles. The molecule has 23 heavy (non-hydrogen) atoms. The molecular formula is C17H16N4O2. The van der Waals surface area contributed by atoms with Gasteiger partial charge in [-0.1, -0.05) is 30.3 Å². The van der Waals surface area contributed by atoms with Crippen LogP contribution in [0.5, 0.6) is 0 Å². The predicted molar refractivity (Wildman–Crippen MR) is 86.8 cm³/mol. The molecule has 0 spiro atoms. The minimum absolute atomic E-state index is 0.378. The predicted octanol–water partition coefficient (Wildman–Crippen LogP) is 2.46. The number of nitrogens with two attached hydrogens (primary N) is 1. The number of imidazole rings is 1. The third kappa shape index (κ3) is 3.37. The van der Waals surface area contributed by atoms with Crippen molar-refractivity contribution in [1.29, 1.82) is 0 Å². The Balaban J connectivity index is 1.86.